The molecule has 0 unspecified atom stereocenters. The van der Waals surface area contributed by atoms with Crippen LogP contribution in [0.15, 0.2) is 47.5 Å². The first-order valence-electron chi connectivity index (χ1n) is 5.22. The minimum absolute atomic E-state index is 0.127. The molecule has 1 aromatic heterocycles. The van der Waals surface area contributed by atoms with Crippen molar-refractivity contribution in [3.8, 4) is 0 Å². The Hall–Kier alpha value is -1.52. The molecule has 0 aliphatic carbocycles. The summed E-state index contributed by atoms with van der Waals surface area (Å²) >= 11 is 7.34. The summed E-state index contributed by atoms with van der Waals surface area (Å²) in [5.74, 6) is -0.318. The van der Waals surface area contributed by atoms with E-state index in [1.807, 2.05) is 24.3 Å². The quantitative estimate of drug-likeness (QED) is 0.867. The van der Waals surface area contributed by atoms with Gasteiger partial charge in [-0.25, -0.2) is 4.79 Å². The lowest BCUT2D eigenvalue weighted by Crippen LogP contribution is -1.97. The van der Waals surface area contributed by atoms with Gasteiger partial charge in [-0.15, -0.1) is 11.8 Å². The van der Waals surface area contributed by atoms with Crippen LogP contribution < -0.4 is 0 Å². The van der Waals surface area contributed by atoms with Crippen molar-refractivity contribution in [2.75, 3.05) is 0 Å². The standard InChI is InChI=1S/C13H10ClNO2S/c14-12-5-4-10(7-11(12)13(16)17)18-8-9-3-1-2-6-15-9/h1-7H,8H2,(H,16,17). The Morgan fingerprint density at radius 2 is 2.17 bits per heavy atom. The van der Waals surface area contributed by atoms with E-state index in [0.29, 0.717) is 5.75 Å². The summed E-state index contributed by atoms with van der Waals surface area (Å²) < 4.78 is 0. The highest BCUT2D eigenvalue weighted by atomic mass is 35.5. The molecule has 18 heavy (non-hydrogen) atoms. The lowest BCUT2D eigenvalue weighted by molar-refractivity contribution is 0.0697. The van der Waals surface area contributed by atoms with Gasteiger partial charge in [0.05, 0.1) is 16.3 Å². The molecule has 2 rings (SSSR count). The average molecular weight is 280 g/mol. The average Bonchev–Trinajstić information content (AvgIpc) is 2.38. The summed E-state index contributed by atoms with van der Waals surface area (Å²) in [6.45, 7) is 0. The van der Waals surface area contributed by atoms with E-state index < -0.39 is 5.97 Å². The number of carboxylic acids is 1. The van der Waals surface area contributed by atoms with E-state index in [9.17, 15) is 4.79 Å². The summed E-state index contributed by atoms with van der Waals surface area (Å²) in [7, 11) is 0. The predicted molar refractivity (Wildman–Crippen MR) is 72.2 cm³/mol. The van der Waals surface area contributed by atoms with Gasteiger partial charge in [0, 0.05) is 16.8 Å². The van der Waals surface area contributed by atoms with E-state index in [1.54, 1.807) is 18.3 Å². The van der Waals surface area contributed by atoms with Crippen molar-refractivity contribution in [1.29, 1.82) is 0 Å². The number of hydrogen-bond donors (Lipinski definition) is 1. The number of carboxylic acid groups (broad SMARTS) is 1. The van der Waals surface area contributed by atoms with Crippen molar-refractivity contribution in [1.82, 2.24) is 4.98 Å². The summed E-state index contributed by atoms with van der Waals surface area (Å²) in [6.07, 6.45) is 1.74. The van der Waals surface area contributed by atoms with Gasteiger partial charge in [-0.1, -0.05) is 17.7 Å². The summed E-state index contributed by atoms with van der Waals surface area (Å²) in [5, 5.41) is 9.22. The van der Waals surface area contributed by atoms with E-state index in [2.05, 4.69) is 4.98 Å². The minimum atomic E-state index is -1.01. The van der Waals surface area contributed by atoms with Crippen LogP contribution in [0.1, 0.15) is 16.1 Å². The largest absolute Gasteiger partial charge is 0.478 e. The van der Waals surface area contributed by atoms with Gasteiger partial charge in [-0.3, -0.25) is 4.98 Å². The summed E-state index contributed by atoms with van der Waals surface area (Å²) in [4.78, 5) is 16.0. The molecule has 1 aromatic carbocycles. The number of aromatic nitrogens is 1. The zero-order valence-corrected chi connectivity index (χ0v) is 10.9. The fourth-order valence-electron chi connectivity index (χ4n) is 1.40. The highest BCUT2D eigenvalue weighted by Crippen LogP contribution is 2.26. The third-order valence-electron chi connectivity index (χ3n) is 2.28. The van der Waals surface area contributed by atoms with Crippen LogP contribution in [0.5, 0.6) is 0 Å². The topological polar surface area (TPSA) is 50.2 Å². The van der Waals surface area contributed by atoms with E-state index in [-0.39, 0.29) is 10.6 Å². The maximum absolute atomic E-state index is 10.9. The van der Waals surface area contributed by atoms with Gasteiger partial charge in [0.15, 0.2) is 0 Å². The molecule has 0 amide bonds. The van der Waals surface area contributed by atoms with Gasteiger partial charge < -0.3 is 5.11 Å². The van der Waals surface area contributed by atoms with Crippen LogP contribution in [0.4, 0.5) is 0 Å². The maximum Gasteiger partial charge on any atom is 0.337 e. The Morgan fingerprint density at radius 1 is 1.33 bits per heavy atom. The first kappa shape index (κ1) is 12.9. The number of hydrogen-bond acceptors (Lipinski definition) is 3. The zero-order chi connectivity index (χ0) is 13.0. The van der Waals surface area contributed by atoms with Crippen LogP contribution in [0.2, 0.25) is 5.02 Å². The van der Waals surface area contributed by atoms with Crippen LogP contribution in [-0.4, -0.2) is 16.1 Å². The van der Waals surface area contributed by atoms with Crippen molar-refractivity contribution in [3.05, 3.63) is 58.9 Å². The molecule has 0 fully saturated rings. The van der Waals surface area contributed by atoms with Crippen LogP contribution in [0.3, 0.4) is 0 Å². The molecule has 1 heterocycles. The molecule has 0 aliphatic rings. The Kier molecular flexibility index (Phi) is 4.23. The second kappa shape index (κ2) is 5.89. The number of rotatable bonds is 4. The molecule has 5 heteroatoms. The van der Waals surface area contributed by atoms with Crippen molar-refractivity contribution in [2.24, 2.45) is 0 Å². The fourth-order valence-corrected chi connectivity index (χ4v) is 2.45. The number of aromatic carboxylic acids is 1. The van der Waals surface area contributed by atoms with E-state index in [1.165, 1.54) is 11.8 Å². The lowest BCUT2D eigenvalue weighted by atomic mass is 10.2. The molecule has 0 bridgehead atoms. The van der Waals surface area contributed by atoms with E-state index >= 15 is 0 Å². The van der Waals surface area contributed by atoms with Crippen LogP contribution in [0, 0.1) is 0 Å². The van der Waals surface area contributed by atoms with E-state index in [4.69, 9.17) is 16.7 Å². The van der Waals surface area contributed by atoms with Gasteiger partial charge in [-0.2, -0.15) is 0 Å². The molecule has 0 spiro atoms. The molecule has 0 saturated heterocycles. The van der Waals surface area contributed by atoms with E-state index in [0.717, 1.165) is 10.6 Å². The molecule has 0 aliphatic heterocycles. The molecule has 0 atom stereocenters. The number of nitrogens with zero attached hydrogens (tertiary/aromatic N) is 1. The van der Waals surface area contributed by atoms with Crippen LogP contribution in [-0.2, 0) is 5.75 Å². The highest BCUT2D eigenvalue weighted by molar-refractivity contribution is 7.98. The number of carbonyl (C=O) groups is 1. The van der Waals surface area contributed by atoms with Gasteiger partial charge in [0.25, 0.3) is 0 Å². The van der Waals surface area contributed by atoms with Crippen molar-refractivity contribution < 1.29 is 9.90 Å². The summed E-state index contributed by atoms with van der Waals surface area (Å²) in [6, 6.07) is 10.7. The molecule has 2 aromatic rings. The molecule has 3 nitrogen and oxygen atoms in total. The van der Waals surface area contributed by atoms with Crippen LogP contribution >= 0.6 is 23.4 Å². The predicted octanol–water partition coefficient (Wildman–Crippen LogP) is 3.73. The highest BCUT2D eigenvalue weighted by Gasteiger charge is 2.09. The third-order valence-corrected chi connectivity index (χ3v) is 3.64. The number of pyridine rings is 1. The third kappa shape index (κ3) is 3.24. The number of thioether (sulfide) groups is 1. The van der Waals surface area contributed by atoms with Gasteiger partial charge in [0.2, 0.25) is 0 Å². The lowest BCUT2D eigenvalue weighted by Gasteiger charge is -2.04. The number of benzene rings is 1. The number of halogens is 1. The van der Waals surface area contributed by atoms with Crippen molar-refractivity contribution in [3.63, 3.8) is 0 Å². The molecular weight excluding hydrogens is 270 g/mol. The van der Waals surface area contributed by atoms with Gasteiger partial charge in [-0.05, 0) is 30.3 Å². The second-order valence-electron chi connectivity index (χ2n) is 3.56. The molecular formula is C13H10ClNO2S. The second-order valence-corrected chi connectivity index (χ2v) is 5.01. The SMILES string of the molecule is O=C(O)c1cc(SCc2ccccn2)ccc1Cl. The zero-order valence-electron chi connectivity index (χ0n) is 9.34. The Balaban J connectivity index is 2.11. The Morgan fingerprint density at radius 3 is 2.83 bits per heavy atom. The molecule has 1 N–H and O–H groups in total. The minimum Gasteiger partial charge on any atom is -0.478 e. The summed E-state index contributed by atoms with van der Waals surface area (Å²) in [5.41, 5.74) is 1.08. The fraction of sp³-hybridized carbons (Fsp3) is 0.0769. The monoisotopic (exact) mass is 279 g/mol. The normalized spacial score (nSPS) is 10.3. The Labute approximate surface area is 114 Å². The smallest absolute Gasteiger partial charge is 0.337 e. The maximum atomic E-state index is 10.9. The molecule has 0 radical (unpaired) electrons. The van der Waals surface area contributed by atoms with Crippen molar-refractivity contribution >= 4 is 29.3 Å². The Bertz CT molecular complexity index is 560. The first-order valence-corrected chi connectivity index (χ1v) is 6.59. The van der Waals surface area contributed by atoms with Gasteiger partial charge in [0.1, 0.15) is 0 Å². The van der Waals surface area contributed by atoms with Gasteiger partial charge >= 0.3 is 5.97 Å². The van der Waals surface area contributed by atoms with Crippen molar-refractivity contribution in [2.45, 2.75) is 10.6 Å². The first-order chi connectivity index (χ1) is 8.66. The molecule has 92 valence electrons. The van der Waals surface area contributed by atoms with Crippen LogP contribution in [0.25, 0.3) is 0 Å². The molecule has 0 saturated carbocycles.